The summed E-state index contributed by atoms with van der Waals surface area (Å²) in [5.41, 5.74) is 1.27. The minimum Gasteiger partial charge on any atom is -0.486 e. The average Bonchev–Trinajstić information content (AvgIpc) is 2.68. The van der Waals surface area contributed by atoms with Crippen molar-refractivity contribution in [2.24, 2.45) is 0 Å². The summed E-state index contributed by atoms with van der Waals surface area (Å²) in [7, 11) is -2.88. The first-order chi connectivity index (χ1) is 13.8. The Hall–Kier alpha value is -2.72. The van der Waals surface area contributed by atoms with Crippen LogP contribution in [0.2, 0.25) is 0 Å². The molecule has 2 aromatic carbocycles. The molecular weight excluding hydrogens is 406 g/mol. The topological polar surface area (TPSA) is 84.9 Å². The first-order valence-electron chi connectivity index (χ1n) is 8.75. The smallest absolute Gasteiger partial charge is 0.341 e. The molecule has 0 unspecified atom stereocenters. The molecule has 0 saturated carbocycles. The maximum atomic E-state index is 12.5. The van der Waals surface area contributed by atoms with Crippen LogP contribution in [-0.2, 0) is 21.2 Å². The maximum Gasteiger partial charge on any atom is 0.341 e. The Morgan fingerprint density at radius 3 is 2.41 bits per heavy atom. The highest BCUT2D eigenvalue weighted by atomic mass is 32.2. The molecule has 0 radical (unpaired) electrons. The van der Waals surface area contributed by atoms with Crippen LogP contribution in [-0.4, -0.2) is 51.8 Å². The first-order valence-corrected chi connectivity index (χ1v) is 10.3. The summed E-state index contributed by atoms with van der Waals surface area (Å²) in [6.07, 6.45) is 0. The van der Waals surface area contributed by atoms with Gasteiger partial charge < -0.3 is 14.8 Å². The van der Waals surface area contributed by atoms with Gasteiger partial charge in [-0.15, -0.1) is 0 Å². The lowest BCUT2D eigenvalue weighted by atomic mass is 10.2. The number of nitrogens with one attached hydrogen (secondary N) is 1. The molecular formula is C19H20F2N2O5S. The predicted molar refractivity (Wildman–Crippen MR) is 102 cm³/mol. The lowest BCUT2D eigenvalue weighted by Crippen LogP contribution is -2.29. The van der Waals surface area contributed by atoms with E-state index in [1.54, 1.807) is 11.9 Å². The number of fused-ring (bicyclic) bond motifs is 1. The van der Waals surface area contributed by atoms with Crippen LogP contribution < -0.4 is 14.8 Å². The average molecular weight is 426 g/mol. The molecule has 0 bridgehead atoms. The third-order valence-electron chi connectivity index (χ3n) is 4.17. The summed E-state index contributed by atoms with van der Waals surface area (Å²) in [4.78, 5) is 13.5. The highest BCUT2D eigenvalue weighted by Gasteiger charge is 2.26. The number of amides is 1. The highest BCUT2D eigenvalue weighted by molar-refractivity contribution is 7.91. The second-order valence-corrected chi connectivity index (χ2v) is 8.45. The van der Waals surface area contributed by atoms with E-state index in [1.165, 1.54) is 12.1 Å². The SMILES string of the molecule is CN(CC(=O)Nc1ccc(S(=O)(=O)C(F)F)cc1)Cc1ccc2c(c1)OCCO2. The molecule has 3 rings (SSSR count). The van der Waals surface area contributed by atoms with E-state index in [0.29, 0.717) is 36.9 Å². The number of carbonyl (C=O) groups is 1. The van der Waals surface area contributed by atoms with E-state index in [1.807, 2.05) is 18.2 Å². The largest absolute Gasteiger partial charge is 0.486 e. The second kappa shape index (κ2) is 8.75. The lowest BCUT2D eigenvalue weighted by molar-refractivity contribution is -0.117. The Bertz CT molecular complexity index is 981. The summed E-state index contributed by atoms with van der Waals surface area (Å²) in [5.74, 6) is -2.45. The first kappa shape index (κ1) is 21.0. The number of nitrogens with zero attached hydrogens (tertiary/aromatic N) is 1. The Labute approximate surface area is 167 Å². The van der Waals surface area contributed by atoms with Gasteiger partial charge in [0.15, 0.2) is 11.5 Å². The van der Waals surface area contributed by atoms with Crippen LogP contribution in [0, 0.1) is 0 Å². The van der Waals surface area contributed by atoms with Gasteiger partial charge in [-0.25, -0.2) is 8.42 Å². The second-order valence-electron chi connectivity index (χ2n) is 6.53. The van der Waals surface area contributed by atoms with Gasteiger partial charge in [-0.05, 0) is 49.0 Å². The third kappa shape index (κ3) is 5.21. The number of hydrogen-bond donors (Lipinski definition) is 1. The normalized spacial score (nSPS) is 13.6. The Kier molecular flexibility index (Phi) is 6.33. The molecule has 0 aliphatic carbocycles. The molecule has 2 aromatic rings. The van der Waals surface area contributed by atoms with Crippen LogP contribution in [0.25, 0.3) is 0 Å². The minimum absolute atomic E-state index is 0.0749. The van der Waals surface area contributed by atoms with Crippen molar-refractivity contribution in [3.63, 3.8) is 0 Å². The molecule has 0 fully saturated rings. The van der Waals surface area contributed by atoms with Crippen molar-refractivity contribution in [2.45, 2.75) is 17.2 Å². The molecule has 0 saturated heterocycles. The van der Waals surface area contributed by atoms with Gasteiger partial charge >= 0.3 is 5.76 Å². The standard InChI is InChI=1S/C19H20F2N2O5S/c1-23(11-13-2-7-16-17(10-13)28-9-8-27-16)12-18(24)22-14-3-5-15(6-4-14)29(25,26)19(20)21/h2-7,10,19H,8-9,11-12H2,1H3,(H,22,24). The molecule has 0 aromatic heterocycles. The summed E-state index contributed by atoms with van der Waals surface area (Å²) in [6, 6.07) is 10.2. The number of ether oxygens (including phenoxy) is 2. The van der Waals surface area contributed by atoms with Crippen LogP contribution in [0.1, 0.15) is 5.56 Å². The van der Waals surface area contributed by atoms with Crippen molar-refractivity contribution in [1.29, 1.82) is 0 Å². The van der Waals surface area contributed by atoms with E-state index in [2.05, 4.69) is 5.32 Å². The van der Waals surface area contributed by atoms with Gasteiger partial charge in [-0.2, -0.15) is 8.78 Å². The van der Waals surface area contributed by atoms with Gasteiger partial charge in [0.05, 0.1) is 11.4 Å². The Balaban J connectivity index is 1.55. The fraction of sp³-hybridized carbons (Fsp3) is 0.316. The molecule has 29 heavy (non-hydrogen) atoms. The van der Waals surface area contributed by atoms with Gasteiger partial charge in [-0.1, -0.05) is 6.07 Å². The number of alkyl halides is 2. The fourth-order valence-electron chi connectivity index (χ4n) is 2.83. The molecule has 1 heterocycles. The van der Waals surface area contributed by atoms with E-state index in [9.17, 15) is 22.0 Å². The van der Waals surface area contributed by atoms with Gasteiger partial charge in [0, 0.05) is 12.2 Å². The van der Waals surface area contributed by atoms with E-state index < -0.39 is 20.5 Å². The summed E-state index contributed by atoms with van der Waals surface area (Å²) in [5, 5.41) is 2.61. The van der Waals surface area contributed by atoms with E-state index >= 15 is 0 Å². The summed E-state index contributed by atoms with van der Waals surface area (Å²) in [6.45, 7) is 1.58. The zero-order chi connectivity index (χ0) is 21.0. The van der Waals surface area contributed by atoms with Crippen molar-refractivity contribution in [1.82, 2.24) is 4.90 Å². The number of anilines is 1. The monoisotopic (exact) mass is 426 g/mol. The van der Waals surface area contributed by atoms with E-state index in [4.69, 9.17) is 9.47 Å². The number of carbonyl (C=O) groups excluding carboxylic acids is 1. The van der Waals surface area contributed by atoms with E-state index in [0.717, 1.165) is 17.7 Å². The van der Waals surface area contributed by atoms with Gasteiger partial charge in [0.25, 0.3) is 0 Å². The predicted octanol–water partition coefficient (Wildman–Crippen LogP) is 2.52. The van der Waals surface area contributed by atoms with E-state index in [-0.39, 0.29) is 12.5 Å². The van der Waals surface area contributed by atoms with Crippen LogP contribution in [0.3, 0.4) is 0 Å². The zero-order valence-electron chi connectivity index (χ0n) is 15.6. The molecule has 156 valence electrons. The Morgan fingerprint density at radius 2 is 1.76 bits per heavy atom. The zero-order valence-corrected chi connectivity index (χ0v) is 16.4. The fourth-order valence-corrected chi connectivity index (χ4v) is 3.55. The molecule has 1 aliphatic rings. The molecule has 0 atom stereocenters. The number of likely N-dealkylation sites (N-methyl/N-ethyl adjacent to an activating group) is 1. The summed E-state index contributed by atoms with van der Waals surface area (Å²) < 4.78 is 58.9. The molecule has 1 aliphatic heterocycles. The van der Waals surface area contributed by atoms with Crippen molar-refractivity contribution < 1.29 is 31.5 Å². The molecule has 1 N–H and O–H groups in total. The maximum absolute atomic E-state index is 12.5. The minimum atomic E-state index is -4.66. The van der Waals surface area contributed by atoms with Crippen molar-refractivity contribution in [3.8, 4) is 11.5 Å². The van der Waals surface area contributed by atoms with Gasteiger partial charge in [-0.3, -0.25) is 9.69 Å². The third-order valence-corrected chi connectivity index (χ3v) is 5.57. The molecule has 1 amide bonds. The number of hydrogen-bond acceptors (Lipinski definition) is 6. The summed E-state index contributed by atoms with van der Waals surface area (Å²) >= 11 is 0. The number of benzene rings is 2. The van der Waals surface area contributed by atoms with Crippen LogP contribution in [0.4, 0.5) is 14.5 Å². The Morgan fingerprint density at radius 1 is 1.10 bits per heavy atom. The molecule has 10 heteroatoms. The van der Waals surface area contributed by atoms with Crippen molar-refractivity contribution in [2.75, 3.05) is 32.1 Å². The number of rotatable bonds is 7. The van der Waals surface area contributed by atoms with Crippen LogP contribution in [0.15, 0.2) is 47.4 Å². The van der Waals surface area contributed by atoms with Gasteiger partial charge in [0.2, 0.25) is 15.7 Å². The van der Waals surface area contributed by atoms with Gasteiger partial charge in [0.1, 0.15) is 13.2 Å². The quantitative estimate of drug-likeness (QED) is 0.733. The van der Waals surface area contributed by atoms with Crippen molar-refractivity contribution >= 4 is 21.4 Å². The molecule has 0 spiro atoms. The van der Waals surface area contributed by atoms with Crippen molar-refractivity contribution in [3.05, 3.63) is 48.0 Å². The van der Waals surface area contributed by atoms with Crippen LogP contribution in [0.5, 0.6) is 11.5 Å². The number of halogens is 2. The molecule has 7 nitrogen and oxygen atoms in total. The lowest BCUT2D eigenvalue weighted by Gasteiger charge is -2.21. The van der Waals surface area contributed by atoms with Crippen LogP contribution >= 0.6 is 0 Å². The number of sulfone groups is 1. The highest BCUT2D eigenvalue weighted by Crippen LogP contribution is 2.31.